The molecule has 1 fully saturated rings. The van der Waals surface area contributed by atoms with Crippen LogP contribution in [0.2, 0.25) is 0 Å². The van der Waals surface area contributed by atoms with Crippen LogP contribution in [-0.4, -0.2) is 36.5 Å². The maximum atomic E-state index is 13.9. The summed E-state index contributed by atoms with van der Waals surface area (Å²) in [5.41, 5.74) is 5.93. The molecule has 0 aromatic heterocycles. The molecule has 1 amide bonds. The van der Waals surface area contributed by atoms with E-state index in [1.807, 2.05) is 0 Å². The molecule has 1 unspecified atom stereocenters. The minimum Gasteiger partial charge on any atom is -0.380 e. The summed E-state index contributed by atoms with van der Waals surface area (Å²) in [6, 6.07) is 4.36. The lowest BCUT2D eigenvalue weighted by atomic mass is 9.90. The third-order valence-electron chi connectivity index (χ3n) is 4.42. The van der Waals surface area contributed by atoms with Gasteiger partial charge >= 0.3 is 0 Å². The van der Waals surface area contributed by atoms with Gasteiger partial charge in [0, 0.05) is 11.6 Å². The second-order valence-electron chi connectivity index (χ2n) is 5.76. The minimum atomic E-state index is -0.540. The van der Waals surface area contributed by atoms with E-state index in [4.69, 9.17) is 5.73 Å². The fourth-order valence-electron chi connectivity index (χ4n) is 2.92. The number of hydrogen-bond donors (Lipinski definition) is 2. The Balaban J connectivity index is 2.01. The van der Waals surface area contributed by atoms with Crippen molar-refractivity contribution in [3.63, 3.8) is 0 Å². The second-order valence-corrected chi connectivity index (χ2v) is 5.76. The van der Waals surface area contributed by atoms with E-state index in [1.54, 1.807) is 0 Å². The highest BCUT2D eigenvalue weighted by Crippen LogP contribution is 2.25. The molecule has 1 aliphatic heterocycles. The molecule has 2 rings (SSSR count). The molecule has 4 nitrogen and oxygen atoms in total. The van der Waals surface area contributed by atoms with E-state index in [0.29, 0.717) is 17.2 Å². The van der Waals surface area contributed by atoms with Crippen LogP contribution in [0.5, 0.6) is 0 Å². The summed E-state index contributed by atoms with van der Waals surface area (Å²) >= 11 is 0. The van der Waals surface area contributed by atoms with Crippen molar-refractivity contribution < 1.29 is 9.18 Å². The van der Waals surface area contributed by atoms with Gasteiger partial charge in [-0.1, -0.05) is 6.92 Å². The molecule has 0 spiro atoms. The SMILES string of the molecule is CCN1CCC(C(C)Nc2cc(C(N)=O)ccc2F)CC1. The molecule has 0 radical (unpaired) electrons. The molecule has 1 atom stereocenters. The summed E-state index contributed by atoms with van der Waals surface area (Å²) in [6.07, 6.45) is 2.22. The third-order valence-corrected chi connectivity index (χ3v) is 4.42. The van der Waals surface area contributed by atoms with Crippen molar-refractivity contribution in [3.05, 3.63) is 29.6 Å². The number of nitrogens with one attached hydrogen (secondary N) is 1. The molecular formula is C16H24FN3O. The van der Waals surface area contributed by atoms with E-state index in [1.165, 1.54) is 18.2 Å². The van der Waals surface area contributed by atoms with Crippen LogP contribution in [0.15, 0.2) is 18.2 Å². The van der Waals surface area contributed by atoms with Gasteiger partial charge in [0.2, 0.25) is 5.91 Å². The highest BCUT2D eigenvalue weighted by molar-refractivity contribution is 5.93. The quantitative estimate of drug-likeness (QED) is 0.876. The van der Waals surface area contributed by atoms with Crippen molar-refractivity contribution in [2.45, 2.75) is 32.7 Å². The number of primary amides is 1. The number of nitrogens with two attached hydrogens (primary N) is 1. The van der Waals surface area contributed by atoms with Crippen LogP contribution in [0, 0.1) is 11.7 Å². The van der Waals surface area contributed by atoms with Crippen molar-refractivity contribution >= 4 is 11.6 Å². The Morgan fingerprint density at radius 2 is 2.14 bits per heavy atom. The van der Waals surface area contributed by atoms with Gasteiger partial charge < -0.3 is 16.0 Å². The van der Waals surface area contributed by atoms with E-state index in [2.05, 4.69) is 24.1 Å². The van der Waals surface area contributed by atoms with Crippen molar-refractivity contribution in [1.29, 1.82) is 0 Å². The number of carbonyl (C=O) groups is 1. The molecule has 1 saturated heterocycles. The van der Waals surface area contributed by atoms with E-state index in [9.17, 15) is 9.18 Å². The van der Waals surface area contributed by atoms with Gasteiger partial charge in [-0.3, -0.25) is 4.79 Å². The van der Waals surface area contributed by atoms with Gasteiger partial charge in [0.1, 0.15) is 5.82 Å². The average molecular weight is 293 g/mol. The summed E-state index contributed by atoms with van der Waals surface area (Å²) in [6.45, 7) is 7.52. The first-order valence-electron chi connectivity index (χ1n) is 7.59. The number of hydrogen-bond acceptors (Lipinski definition) is 3. The van der Waals surface area contributed by atoms with E-state index in [0.717, 1.165) is 32.5 Å². The van der Waals surface area contributed by atoms with Crippen LogP contribution in [0.4, 0.5) is 10.1 Å². The standard InChI is InChI=1S/C16H24FN3O/c1-3-20-8-6-12(7-9-20)11(2)19-15-10-13(16(18)21)4-5-14(15)17/h4-5,10-12,19H,3,6-9H2,1-2H3,(H2,18,21). The number of piperidine rings is 1. The van der Waals surface area contributed by atoms with Gasteiger partial charge in [-0.15, -0.1) is 0 Å². The van der Waals surface area contributed by atoms with Crippen molar-refractivity contribution in [2.24, 2.45) is 11.7 Å². The summed E-state index contributed by atoms with van der Waals surface area (Å²) in [5.74, 6) is -0.371. The Morgan fingerprint density at radius 1 is 1.48 bits per heavy atom. The molecule has 3 N–H and O–H groups in total. The number of likely N-dealkylation sites (tertiary alicyclic amines) is 1. The van der Waals surface area contributed by atoms with Crippen molar-refractivity contribution in [2.75, 3.05) is 25.0 Å². The largest absolute Gasteiger partial charge is 0.380 e. The number of amides is 1. The lowest BCUT2D eigenvalue weighted by Gasteiger charge is -2.35. The molecule has 116 valence electrons. The number of benzene rings is 1. The van der Waals surface area contributed by atoms with Crippen LogP contribution in [0.3, 0.4) is 0 Å². The summed E-state index contributed by atoms with van der Waals surface area (Å²) in [5, 5.41) is 3.21. The van der Waals surface area contributed by atoms with E-state index in [-0.39, 0.29) is 11.9 Å². The van der Waals surface area contributed by atoms with Gasteiger partial charge in [0.25, 0.3) is 0 Å². The van der Waals surface area contributed by atoms with Gasteiger partial charge in [-0.05, 0) is 63.5 Å². The average Bonchev–Trinajstić information content (AvgIpc) is 2.49. The predicted molar refractivity (Wildman–Crippen MR) is 82.8 cm³/mol. The molecule has 1 heterocycles. The van der Waals surface area contributed by atoms with Crippen LogP contribution >= 0.6 is 0 Å². The molecule has 1 aliphatic rings. The second kappa shape index (κ2) is 6.89. The lowest BCUT2D eigenvalue weighted by molar-refractivity contribution is 0.100. The van der Waals surface area contributed by atoms with Crippen LogP contribution in [0.1, 0.15) is 37.0 Å². The zero-order chi connectivity index (χ0) is 15.4. The molecule has 1 aromatic carbocycles. The van der Waals surface area contributed by atoms with Gasteiger partial charge in [0.15, 0.2) is 0 Å². The highest BCUT2D eigenvalue weighted by Gasteiger charge is 2.23. The molecule has 21 heavy (non-hydrogen) atoms. The smallest absolute Gasteiger partial charge is 0.248 e. The number of halogens is 1. The molecule has 0 aliphatic carbocycles. The summed E-state index contributed by atoms with van der Waals surface area (Å²) < 4.78 is 13.9. The van der Waals surface area contributed by atoms with Crippen LogP contribution in [0.25, 0.3) is 0 Å². The Labute approximate surface area is 125 Å². The molecule has 0 bridgehead atoms. The minimum absolute atomic E-state index is 0.168. The Bertz CT molecular complexity index is 498. The number of carbonyl (C=O) groups excluding carboxylic acids is 1. The maximum absolute atomic E-state index is 13.9. The lowest BCUT2D eigenvalue weighted by Crippen LogP contribution is -2.39. The summed E-state index contributed by atoms with van der Waals surface area (Å²) in [7, 11) is 0. The van der Waals surface area contributed by atoms with Crippen LogP contribution in [-0.2, 0) is 0 Å². The fourth-order valence-corrected chi connectivity index (χ4v) is 2.92. The first kappa shape index (κ1) is 15.8. The normalized spacial score (nSPS) is 18.4. The van der Waals surface area contributed by atoms with Crippen LogP contribution < -0.4 is 11.1 Å². The number of nitrogens with zero attached hydrogens (tertiary/aromatic N) is 1. The van der Waals surface area contributed by atoms with Crippen molar-refractivity contribution in [1.82, 2.24) is 4.90 Å². The first-order valence-corrected chi connectivity index (χ1v) is 7.59. The summed E-state index contributed by atoms with van der Waals surface area (Å²) in [4.78, 5) is 13.6. The van der Waals surface area contributed by atoms with Gasteiger partial charge in [-0.25, -0.2) is 4.39 Å². The Kier molecular flexibility index (Phi) is 5.17. The van der Waals surface area contributed by atoms with E-state index < -0.39 is 5.91 Å². The highest BCUT2D eigenvalue weighted by atomic mass is 19.1. The topological polar surface area (TPSA) is 58.4 Å². The molecular weight excluding hydrogens is 269 g/mol. The van der Waals surface area contributed by atoms with E-state index >= 15 is 0 Å². The zero-order valence-corrected chi connectivity index (χ0v) is 12.7. The molecule has 0 saturated carbocycles. The molecule has 5 heteroatoms. The van der Waals surface area contributed by atoms with Gasteiger partial charge in [-0.2, -0.15) is 0 Å². The Hall–Kier alpha value is -1.62. The van der Waals surface area contributed by atoms with Gasteiger partial charge in [0.05, 0.1) is 5.69 Å². The molecule has 1 aromatic rings. The monoisotopic (exact) mass is 293 g/mol. The third kappa shape index (κ3) is 3.94. The fraction of sp³-hybridized carbons (Fsp3) is 0.562. The maximum Gasteiger partial charge on any atom is 0.248 e. The van der Waals surface area contributed by atoms with Crippen molar-refractivity contribution in [3.8, 4) is 0 Å². The number of rotatable bonds is 5. The first-order chi connectivity index (χ1) is 10.0. The predicted octanol–water partition coefficient (Wildman–Crippen LogP) is 2.46. The number of anilines is 1. The Morgan fingerprint density at radius 3 is 2.71 bits per heavy atom. The zero-order valence-electron chi connectivity index (χ0n) is 12.7.